The van der Waals surface area contributed by atoms with Gasteiger partial charge < -0.3 is 15.0 Å². The highest BCUT2D eigenvalue weighted by atomic mass is 32.2. The third kappa shape index (κ3) is 3.07. The first-order valence-electron chi connectivity index (χ1n) is 7.37. The Labute approximate surface area is 142 Å². The largest absolute Gasteiger partial charge is 0.461 e. The summed E-state index contributed by atoms with van der Waals surface area (Å²) in [4.78, 5) is 20.1. The molecule has 0 radical (unpaired) electrons. The monoisotopic (exact) mass is 345 g/mol. The summed E-state index contributed by atoms with van der Waals surface area (Å²) in [6.07, 6.45) is 5.11. The Kier molecular flexibility index (Phi) is 4.71. The summed E-state index contributed by atoms with van der Waals surface area (Å²) >= 11 is 1.46. The number of nitrogens with one attached hydrogen (secondary N) is 2. The topological polar surface area (TPSA) is 67.0 Å². The summed E-state index contributed by atoms with van der Waals surface area (Å²) in [6.45, 7) is 1.98. The number of carbonyl (C=O) groups is 1. The van der Waals surface area contributed by atoms with Gasteiger partial charge in [0.15, 0.2) is 0 Å². The molecule has 124 valence electrons. The zero-order valence-electron chi connectivity index (χ0n) is 13.2. The Balaban J connectivity index is 2.07. The van der Waals surface area contributed by atoms with E-state index in [0.717, 1.165) is 10.4 Å². The number of H-pyrrole nitrogens is 1. The van der Waals surface area contributed by atoms with Crippen molar-refractivity contribution in [1.82, 2.24) is 9.97 Å². The fourth-order valence-electron chi connectivity index (χ4n) is 2.38. The second-order valence-electron chi connectivity index (χ2n) is 4.99. The molecule has 3 aromatic rings. The van der Waals surface area contributed by atoms with Gasteiger partial charge in [-0.1, -0.05) is 0 Å². The molecule has 2 heterocycles. The van der Waals surface area contributed by atoms with Crippen molar-refractivity contribution in [3.05, 3.63) is 48.2 Å². The van der Waals surface area contributed by atoms with Gasteiger partial charge in [-0.05, 0) is 37.4 Å². The molecular formula is C17H16FN3O2S. The molecule has 0 aliphatic heterocycles. The first-order chi connectivity index (χ1) is 11.6. The van der Waals surface area contributed by atoms with E-state index in [9.17, 15) is 9.18 Å². The number of esters is 1. The van der Waals surface area contributed by atoms with E-state index in [1.165, 1.54) is 17.8 Å². The smallest absolute Gasteiger partial charge is 0.356 e. The Morgan fingerprint density at radius 3 is 2.96 bits per heavy atom. The van der Waals surface area contributed by atoms with E-state index in [1.54, 1.807) is 31.5 Å². The highest BCUT2D eigenvalue weighted by Crippen LogP contribution is 2.32. The van der Waals surface area contributed by atoms with E-state index >= 15 is 0 Å². The van der Waals surface area contributed by atoms with E-state index < -0.39 is 11.8 Å². The lowest BCUT2D eigenvalue weighted by Crippen LogP contribution is -2.08. The van der Waals surface area contributed by atoms with Gasteiger partial charge in [0.1, 0.15) is 11.5 Å². The summed E-state index contributed by atoms with van der Waals surface area (Å²) in [7, 11) is 0. The van der Waals surface area contributed by atoms with E-state index in [-0.39, 0.29) is 18.0 Å². The van der Waals surface area contributed by atoms with Crippen molar-refractivity contribution in [3.63, 3.8) is 0 Å². The lowest BCUT2D eigenvalue weighted by Gasteiger charge is -2.10. The molecule has 0 saturated heterocycles. The average molecular weight is 345 g/mol. The number of anilines is 2. The van der Waals surface area contributed by atoms with Crippen molar-refractivity contribution in [2.75, 3.05) is 18.2 Å². The second kappa shape index (κ2) is 6.92. The minimum Gasteiger partial charge on any atom is -0.461 e. The van der Waals surface area contributed by atoms with Crippen LogP contribution in [0.25, 0.3) is 10.9 Å². The third-order valence-corrected chi connectivity index (χ3v) is 4.24. The minimum atomic E-state index is -0.502. The van der Waals surface area contributed by atoms with Gasteiger partial charge in [0.25, 0.3) is 0 Å². The number of hydrogen-bond acceptors (Lipinski definition) is 5. The van der Waals surface area contributed by atoms with Crippen molar-refractivity contribution in [2.45, 2.75) is 11.8 Å². The highest BCUT2D eigenvalue weighted by molar-refractivity contribution is 7.98. The number of halogens is 1. The number of hydrogen-bond donors (Lipinski definition) is 2. The maximum Gasteiger partial charge on any atom is 0.356 e. The third-order valence-electron chi connectivity index (χ3n) is 3.52. The highest BCUT2D eigenvalue weighted by Gasteiger charge is 2.20. The van der Waals surface area contributed by atoms with Crippen LogP contribution in [0.1, 0.15) is 17.4 Å². The standard InChI is InChI=1S/C17H16FN3O2S/c1-3-23-17(22)16-15(11-9-19-7-6-13(11)20-16)21-14-5-4-10(24-2)8-12(14)18/h4-9,20-21H,3H2,1-2H3. The second-order valence-corrected chi connectivity index (χ2v) is 5.87. The van der Waals surface area contributed by atoms with Crippen molar-refractivity contribution in [1.29, 1.82) is 0 Å². The predicted octanol–water partition coefficient (Wildman–Crippen LogP) is 4.34. The minimum absolute atomic E-state index is 0.244. The first kappa shape index (κ1) is 16.3. The molecule has 24 heavy (non-hydrogen) atoms. The van der Waals surface area contributed by atoms with Crippen LogP contribution in [-0.2, 0) is 4.74 Å². The number of pyridine rings is 1. The van der Waals surface area contributed by atoms with Gasteiger partial charge >= 0.3 is 5.97 Å². The lowest BCUT2D eigenvalue weighted by molar-refractivity contribution is 0.0522. The van der Waals surface area contributed by atoms with E-state index in [1.807, 2.05) is 12.3 Å². The van der Waals surface area contributed by atoms with Gasteiger partial charge in [0, 0.05) is 22.7 Å². The molecule has 0 unspecified atom stereocenters. The number of carbonyl (C=O) groups excluding carboxylic acids is 1. The van der Waals surface area contributed by atoms with Crippen LogP contribution in [0, 0.1) is 5.82 Å². The fourth-order valence-corrected chi connectivity index (χ4v) is 2.80. The summed E-state index contributed by atoms with van der Waals surface area (Å²) in [5.41, 5.74) is 1.69. The molecular weight excluding hydrogens is 329 g/mol. The normalized spacial score (nSPS) is 10.8. The zero-order valence-corrected chi connectivity index (χ0v) is 14.0. The lowest BCUT2D eigenvalue weighted by atomic mass is 10.2. The van der Waals surface area contributed by atoms with Crippen LogP contribution in [0.5, 0.6) is 0 Å². The van der Waals surface area contributed by atoms with Gasteiger partial charge in [0.2, 0.25) is 0 Å². The number of ether oxygens (including phenoxy) is 1. The Morgan fingerprint density at radius 2 is 2.25 bits per heavy atom. The van der Waals surface area contributed by atoms with Crippen LogP contribution in [-0.4, -0.2) is 28.8 Å². The molecule has 2 N–H and O–H groups in total. The summed E-state index contributed by atoms with van der Waals surface area (Å²) in [6, 6.07) is 6.65. The molecule has 5 nitrogen and oxygen atoms in total. The van der Waals surface area contributed by atoms with Gasteiger partial charge in [0.05, 0.1) is 23.5 Å². The number of benzene rings is 1. The molecule has 0 fully saturated rings. The molecule has 3 rings (SSSR count). The van der Waals surface area contributed by atoms with Crippen molar-refractivity contribution >= 4 is 40.0 Å². The molecule has 0 atom stereocenters. The first-order valence-corrected chi connectivity index (χ1v) is 8.60. The summed E-state index contributed by atoms with van der Waals surface area (Å²) in [5, 5.41) is 3.69. The Bertz CT molecular complexity index is 895. The summed E-state index contributed by atoms with van der Waals surface area (Å²) < 4.78 is 19.4. The van der Waals surface area contributed by atoms with E-state index in [2.05, 4.69) is 15.3 Å². The summed E-state index contributed by atoms with van der Waals surface area (Å²) in [5.74, 6) is -0.896. The van der Waals surface area contributed by atoms with Gasteiger partial charge in [-0.25, -0.2) is 9.18 Å². The van der Waals surface area contributed by atoms with Crippen LogP contribution < -0.4 is 5.32 Å². The SMILES string of the molecule is CCOC(=O)c1[nH]c2ccncc2c1Nc1ccc(SC)cc1F. The van der Waals surface area contributed by atoms with Gasteiger partial charge in [-0.15, -0.1) is 11.8 Å². The van der Waals surface area contributed by atoms with Crippen LogP contribution in [0.2, 0.25) is 0 Å². The Morgan fingerprint density at radius 1 is 1.42 bits per heavy atom. The van der Waals surface area contributed by atoms with Gasteiger partial charge in [-0.3, -0.25) is 4.98 Å². The molecule has 7 heteroatoms. The average Bonchev–Trinajstić information content (AvgIpc) is 2.95. The number of aromatic amines is 1. The quantitative estimate of drug-likeness (QED) is 0.532. The fraction of sp³-hybridized carbons (Fsp3) is 0.176. The molecule has 0 spiro atoms. The molecule has 0 amide bonds. The number of fused-ring (bicyclic) bond motifs is 1. The van der Waals surface area contributed by atoms with Crippen LogP contribution >= 0.6 is 11.8 Å². The van der Waals surface area contributed by atoms with Crippen LogP contribution in [0.3, 0.4) is 0 Å². The zero-order chi connectivity index (χ0) is 17.1. The van der Waals surface area contributed by atoms with Crippen molar-refractivity contribution < 1.29 is 13.9 Å². The number of nitrogens with zero attached hydrogens (tertiary/aromatic N) is 1. The maximum absolute atomic E-state index is 14.3. The van der Waals surface area contributed by atoms with E-state index in [4.69, 9.17) is 4.74 Å². The predicted molar refractivity (Wildman–Crippen MR) is 93.5 cm³/mol. The molecule has 0 bridgehead atoms. The molecule has 0 saturated carbocycles. The van der Waals surface area contributed by atoms with Crippen LogP contribution in [0.15, 0.2) is 41.6 Å². The van der Waals surface area contributed by atoms with Gasteiger partial charge in [-0.2, -0.15) is 0 Å². The molecule has 2 aromatic heterocycles. The van der Waals surface area contributed by atoms with Crippen molar-refractivity contribution in [2.24, 2.45) is 0 Å². The maximum atomic E-state index is 14.3. The molecule has 0 aliphatic rings. The number of thioether (sulfide) groups is 1. The number of aromatic nitrogens is 2. The molecule has 0 aliphatic carbocycles. The number of rotatable bonds is 5. The molecule has 1 aromatic carbocycles. The van der Waals surface area contributed by atoms with Crippen LogP contribution in [0.4, 0.5) is 15.8 Å². The Hall–Kier alpha value is -2.54. The van der Waals surface area contributed by atoms with Crippen molar-refractivity contribution in [3.8, 4) is 0 Å². The van der Waals surface area contributed by atoms with E-state index in [0.29, 0.717) is 11.1 Å².